The van der Waals surface area contributed by atoms with Crippen LogP contribution in [-0.4, -0.2) is 44.1 Å². The van der Waals surface area contributed by atoms with Gasteiger partial charge in [-0.25, -0.2) is 14.6 Å². The molecule has 0 bridgehead atoms. The first-order valence-corrected chi connectivity index (χ1v) is 13.7. The van der Waals surface area contributed by atoms with Crippen LogP contribution in [0.25, 0.3) is 28.3 Å². The van der Waals surface area contributed by atoms with Gasteiger partial charge in [-0.2, -0.15) is 0 Å². The first kappa shape index (κ1) is 28.3. The van der Waals surface area contributed by atoms with Crippen molar-refractivity contribution in [3.05, 3.63) is 95.8 Å². The number of halogens is 3. The number of nitrogens with zero attached hydrogens (tertiary/aromatic N) is 4. The van der Waals surface area contributed by atoms with E-state index in [1.807, 2.05) is 42.5 Å². The molecule has 0 aliphatic carbocycles. The van der Waals surface area contributed by atoms with Crippen molar-refractivity contribution >= 4 is 16.3 Å². The van der Waals surface area contributed by atoms with Crippen LogP contribution >= 0.6 is 11.3 Å². The summed E-state index contributed by atoms with van der Waals surface area (Å²) in [6.07, 6.45) is -2.61. The highest BCUT2D eigenvalue weighted by Gasteiger charge is 2.31. The van der Waals surface area contributed by atoms with Crippen LogP contribution in [0.2, 0.25) is 0 Å². The number of nitrogens with one attached hydrogen (secondary N) is 2. The minimum atomic E-state index is -4.74. The minimum Gasteiger partial charge on any atom is -0.406 e. The average molecular weight is 581 g/mol. The number of aromatic nitrogens is 4. The second-order valence-corrected chi connectivity index (χ2v) is 9.90. The summed E-state index contributed by atoms with van der Waals surface area (Å²) in [6.45, 7) is 2.64. The molecule has 41 heavy (non-hydrogen) atoms. The van der Waals surface area contributed by atoms with E-state index >= 15 is 0 Å². The van der Waals surface area contributed by atoms with Crippen molar-refractivity contribution in [3.63, 3.8) is 0 Å². The Morgan fingerprint density at radius 2 is 1.76 bits per heavy atom. The van der Waals surface area contributed by atoms with Crippen LogP contribution in [0.5, 0.6) is 5.75 Å². The van der Waals surface area contributed by atoms with Crippen molar-refractivity contribution < 1.29 is 23.0 Å². The Balaban J connectivity index is 1.13. The van der Waals surface area contributed by atoms with Crippen LogP contribution < -0.4 is 15.4 Å². The van der Waals surface area contributed by atoms with Gasteiger partial charge in [0.05, 0.1) is 11.2 Å². The predicted molar refractivity (Wildman–Crippen MR) is 152 cm³/mol. The first-order valence-electron chi connectivity index (χ1n) is 12.9. The highest BCUT2D eigenvalue weighted by molar-refractivity contribution is 7.14. The molecule has 0 saturated carbocycles. The zero-order chi connectivity index (χ0) is 28.8. The van der Waals surface area contributed by atoms with E-state index in [2.05, 4.69) is 43.4 Å². The van der Waals surface area contributed by atoms with Crippen LogP contribution in [0.4, 0.5) is 18.2 Å². The monoisotopic (exact) mass is 580 g/mol. The maximum absolute atomic E-state index is 12.4. The van der Waals surface area contributed by atoms with Gasteiger partial charge >= 0.3 is 6.36 Å². The van der Waals surface area contributed by atoms with Gasteiger partial charge in [-0.3, -0.25) is 5.32 Å². The molecule has 1 unspecified atom stereocenters. The van der Waals surface area contributed by atoms with Gasteiger partial charge in [0.1, 0.15) is 22.8 Å². The largest absolute Gasteiger partial charge is 0.573 e. The lowest BCUT2D eigenvalue weighted by Gasteiger charge is -2.16. The molecule has 5 aromatic rings. The van der Waals surface area contributed by atoms with Crippen LogP contribution in [-0.2, 0) is 12.8 Å². The molecule has 0 aliphatic heterocycles. The van der Waals surface area contributed by atoms with Gasteiger partial charge in [0.25, 0.3) is 0 Å². The Morgan fingerprint density at radius 1 is 1.00 bits per heavy atom. The maximum atomic E-state index is 12.4. The Labute approximate surface area is 238 Å². The average Bonchev–Trinajstić information content (AvgIpc) is 3.63. The van der Waals surface area contributed by atoms with Crippen molar-refractivity contribution in [1.82, 2.24) is 25.1 Å². The summed E-state index contributed by atoms with van der Waals surface area (Å²) in [6, 6.07) is 21.2. The zero-order valence-electron chi connectivity index (χ0n) is 22.0. The van der Waals surface area contributed by atoms with Crippen LogP contribution in [0, 0.1) is 0 Å². The molecule has 5 rings (SSSR count). The molecular formula is C29H27F3N6O2S. The third-order valence-electron chi connectivity index (χ3n) is 6.28. The SMILES string of the molecule is CCc1ccccc1-c1ncsc1NC(O)NCCc1ccc(-c2ncn(-c3ccc(OC(F)(F)F)cc3)n2)cc1. The third-order valence-corrected chi connectivity index (χ3v) is 7.04. The fourth-order valence-electron chi connectivity index (χ4n) is 4.27. The summed E-state index contributed by atoms with van der Waals surface area (Å²) in [4.78, 5) is 8.82. The summed E-state index contributed by atoms with van der Waals surface area (Å²) < 4.78 is 42.5. The Bertz CT molecular complexity index is 1570. The van der Waals surface area contributed by atoms with E-state index in [4.69, 9.17) is 0 Å². The zero-order valence-corrected chi connectivity index (χ0v) is 22.8. The number of aliphatic hydroxyl groups is 1. The van der Waals surface area contributed by atoms with Gasteiger partial charge in [0, 0.05) is 17.7 Å². The molecular weight excluding hydrogens is 553 g/mol. The molecule has 1 atom stereocenters. The quantitative estimate of drug-likeness (QED) is 0.164. The molecule has 3 aromatic carbocycles. The lowest BCUT2D eigenvalue weighted by atomic mass is 10.0. The number of hydrogen-bond acceptors (Lipinski definition) is 8. The molecule has 0 amide bonds. The van der Waals surface area contributed by atoms with Crippen LogP contribution in [0.1, 0.15) is 18.1 Å². The number of alkyl halides is 3. The lowest BCUT2D eigenvalue weighted by molar-refractivity contribution is -0.274. The Kier molecular flexibility index (Phi) is 8.62. The van der Waals surface area contributed by atoms with E-state index in [9.17, 15) is 18.3 Å². The van der Waals surface area contributed by atoms with Gasteiger partial charge in [0.15, 0.2) is 12.2 Å². The highest BCUT2D eigenvalue weighted by atomic mass is 32.1. The van der Waals surface area contributed by atoms with Crippen molar-refractivity contribution in [2.75, 3.05) is 11.9 Å². The minimum absolute atomic E-state index is 0.305. The van der Waals surface area contributed by atoms with E-state index in [-0.39, 0.29) is 5.75 Å². The summed E-state index contributed by atoms with van der Waals surface area (Å²) >= 11 is 1.44. The van der Waals surface area contributed by atoms with Crippen molar-refractivity contribution in [2.45, 2.75) is 32.5 Å². The van der Waals surface area contributed by atoms with Crippen LogP contribution in [0.3, 0.4) is 0 Å². The molecule has 0 fully saturated rings. The van der Waals surface area contributed by atoms with Gasteiger partial charge in [0.2, 0.25) is 0 Å². The normalized spacial score (nSPS) is 12.3. The lowest BCUT2D eigenvalue weighted by Crippen LogP contribution is -2.37. The third kappa shape index (κ3) is 7.28. The van der Waals surface area contributed by atoms with Gasteiger partial charge in [-0.05, 0) is 48.2 Å². The van der Waals surface area contributed by atoms with Gasteiger partial charge in [-0.1, -0.05) is 55.5 Å². The fraction of sp³-hybridized carbons (Fsp3) is 0.207. The molecule has 0 spiro atoms. The van der Waals surface area contributed by atoms with E-state index in [1.54, 1.807) is 5.51 Å². The topological polar surface area (TPSA) is 97.1 Å². The number of rotatable bonds is 11. The number of ether oxygens (including phenoxy) is 1. The molecule has 2 aromatic heterocycles. The predicted octanol–water partition coefficient (Wildman–Crippen LogP) is 6.04. The summed E-state index contributed by atoms with van der Waals surface area (Å²) in [5.74, 6) is 0.177. The van der Waals surface area contributed by atoms with Gasteiger partial charge in [-0.15, -0.1) is 29.6 Å². The molecule has 2 heterocycles. The molecule has 0 aliphatic rings. The Hall–Kier alpha value is -4.26. The summed E-state index contributed by atoms with van der Waals surface area (Å²) in [7, 11) is 0. The molecule has 0 radical (unpaired) electrons. The number of aryl methyl sites for hydroxylation is 1. The molecule has 12 heteroatoms. The molecule has 212 valence electrons. The van der Waals surface area contributed by atoms with E-state index in [0.717, 1.165) is 33.8 Å². The number of hydrogen-bond donors (Lipinski definition) is 3. The number of anilines is 1. The summed E-state index contributed by atoms with van der Waals surface area (Å²) in [5, 5.41) is 22.0. The summed E-state index contributed by atoms with van der Waals surface area (Å²) in [5.41, 5.74) is 7.24. The van der Waals surface area contributed by atoms with E-state index < -0.39 is 12.7 Å². The van der Waals surface area contributed by atoms with Crippen molar-refractivity contribution in [1.29, 1.82) is 0 Å². The molecule has 3 N–H and O–H groups in total. The highest BCUT2D eigenvalue weighted by Crippen LogP contribution is 2.33. The van der Waals surface area contributed by atoms with Crippen molar-refractivity contribution in [3.8, 4) is 34.1 Å². The standard InChI is InChI=1S/C29H27F3N6O2S/c1-2-20-5-3-4-6-24(20)25-27(41-18-35-25)36-28(39)33-16-15-19-7-9-21(10-8-19)26-34-17-38(37-26)22-11-13-23(14-12-22)40-29(30,31)32/h3-14,17-18,28,33,36,39H,2,15-16H2,1H3. The second-order valence-electron chi connectivity index (χ2n) is 9.04. The van der Waals surface area contributed by atoms with E-state index in [0.29, 0.717) is 24.5 Å². The number of benzene rings is 3. The van der Waals surface area contributed by atoms with Crippen LogP contribution in [0.15, 0.2) is 84.6 Å². The number of thiazole rings is 1. The molecule has 8 nitrogen and oxygen atoms in total. The first-order chi connectivity index (χ1) is 19.8. The van der Waals surface area contributed by atoms with Gasteiger partial charge < -0.3 is 15.2 Å². The second kappa shape index (κ2) is 12.5. The maximum Gasteiger partial charge on any atom is 0.573 e. The smallest absolute Gasteiger partial charge is 0.406 e. The fourth-order valence-corrected chi connectivity index (χ4v) is 4.99. The Morgan fingerprint density at radius 3 is 2.49 bits per heavy atom. The number of aliphatic hydroxyl groups excluding tert-OH is 1. The van der Waals surface area contributed by atoms with E-state index in [1.165, 1.54) is 52.2 Å². The van der Waals surface area contributed by atoms with Crippen molar-refractivity contribution in [2.24, 2.45) is 0 Å². The molecule has 0 saturated heterocycles.